The number of alkyl halides is 3. The topological polar surface area (TPSA) is 37.3 Å². The number of aliphatic hydroxyl groups is 1. The number of aryl methyl sites for hydroxylation is 1. The molecule has 0 fully saturated rings. The first-order valence-electron chi connectivity index (χ1n) is 6.99. The second-order valence-corrected chi connectivity index (χ2v) is 6.86. The van der Waals surface area contributed by atoms with Crippen LogP contribution in [0.15, 0.2) is 36.4 Å². The van der Waals surface area contributed by atoms with E-state index in [9.17, 15) is 23.1 Å². The molecule has 0 saturated carbocycles. The maximum Gasteiger partial charge on any atom is 0.421 e. The number of hydrogen-bond acceptors (Lipinski definition) is 2. The molecule has 1 unspecified atom stereocenters. The Morgan fingerprint density at radius 3 is 2.08 bits per heavy atom. The maximum absolute atomic E-state index is 13.6. The fourth-order valence-electron chi connectivity index (χ4n) is 2.26. The maximum atomic E-state index is 13.6. The summed E-state index contributed by atoms with van der Waals surface area (Å²) in [4.78, 5) is 12.3. The zero-order chi connectivity index (χ0) is 19.0. The van der Waals surface area contributed by atoms with Gasteiger partial charge in [0.25, 0.3) is 0 Å². The van der Waals surface area contributed by atoms with Crippen molar-refractivity contribution in [2.45, 2.75) is 25.1 Å². The molecular weight excluding hydrogens is 400 g/mol. The molecule has 0 aliphatic heterocycles. The summed E-state index contributed by atoms with van der Waals surface area (Å²) in [5.74, 6) is -0.919. The zero-order valence-corrected chi connectivity index (χ0v) is 15.1. The summed E-state index contributed by atoms with van der Waals surface area (Å²) < 4.78 is 40.7. The molecule has 0 bridgehead atoms. The Kier molecular flexibility index (Phi) is 5.74. The third-order valence-electron chi connectivity index (χ3n) is 3.72. The van der Waals surface area contributed by atoms with E-state index in [1.807, 2.05) is 0 Å². The molecule has 0 aliphatic rings. The molecule has 2 nitrogen and oxygen atoms in total. The van der Waals surface area contributed by atoms with Crippen LogP contribution in [0.2, 0.25) is 15.1 Å². The van der Waals surface area contributed by atoms with Crippen molar-refractivity contribution in [2.24, 2.45) is 0 Å². The van der Waals surface area contributed by atoms with E-state index >= 15 is 0 Å². The van der Waals surface area contributed by atoms with Crippen LogP contribution in [-0.2, 0) is 5.60 Å². The van der Waals surface area contributed by atoms with Crippen LogP contribution in [0.25, 0.3) is 0 Å². The SMILES string of the molecule is Cc1ccc(C(=O)CC(O)(c2cc(Cl)cc(Cl)c2)C(F)(F)F)cc1Cl. The fraction of sp³-hybridized carbons (Fsp3) is 0.235. The van der Waals surface area contributed by atoms with Gasteiger partial charge in [-0.1, -0.05) is 46.9 Å². The van der Waals surface area contributed by atoms with Gasteiger partial charge in [-0.15, -0.1) is 0 Å². The highest BCUT2D eigenvalue weighted by Gasteiger charge is 2.56. The minimum atomic E-state index is -5.12. The van der Waals surface area contributed by atoms with Gasteiger partial charge in [0.1, 0.15) is 0 Å². The van der Waals surface area contributed by atoms with E-state index in [4.69, 9.17) is 34.8 Å². The average molecular weight is 412 g/mol. The van der Waals surface area contributed by atoms with Crippen LogP contribution in [0.1, 0.15) is 27.9 Å². The number of benzene rings is 2. The molecule has 1 N–H and O–H groups in total. The molecule has 2 rings (SSSR count). The Labute approximate surface area is 157 Å². The Bertz CT molecular complexity index is 801. The van der Waals surface area contributed by atoms with Gasteiger partial charge in [0, 0.05) is 20.6 Å². The molecule has 0 radical (unpaired) electrons. The van der Waals surface area contributed by atoms with Gasteiger partial charge in [-0.3, -0.25) is 4.79 Å². The van der Waals surface area contributed by atoms with Crippen LogP contribution >= 0.6 is 34.8 Å². The highest BCUT2D eigenvalue weighted by atomic mass is 35.5. The number of rotatable bonds is 4. The third-order valence-corrected chi connectivity index (χ3v) is 4.56. The highest BCUT2D eigenvalue weighted by Crippen LogP contribution is 2.43. The van der Waals surface area contributed by atoms with Gasteiger partial charge in [-0.05, 0) is 42.3 Å². The van der Waals surface area contributed by atoms with Crippen LogP contribution in [0.4, 0.5) is 13.2 Å². The summed E-state index contributed by atoms with van der Waals surface area (Å²) in [6.07, 6.45) is -6.35. The molecule has 134 valence electrons. The lowest BCUT2D eigenvalue weighted by molar-refractivity contribution is -0.264. The first kappa shape index (κ1) is 20.0. The predicted molar refractivity (Wildman–Crippen MR) is 91.6 cm³/mol. The lowest BCUT2D eigenvalue weighted by atomic mass is 9.86. The van der Waals surface area contributed by atoms with Crippen molar-refractivity contribution >= 4 is 40.6 Å². The van der Waals surface area contributed by atoms with Gasteiger partial charge < -0.3 is 5.11 Å². The Morgan fingerprint density at radius 1 is 1.04 bits per heavy atom. The normalized spacial score (nSPS) is 14.2. The summed E-state index contributed by atoms with van der Waals surface area (Å²) in [5.41, 5.74) is -3.41. The molecular formula is C17H12Cl3F3O2. The van der Waals surface area contributed by atoms with Gasteiger partial charge in [0.05, 0.1) is 6.42 Å². The average Bonchev–Trinajstić information content (AvgIpc) is 2.47. The van der Waals surface area contributed by atoms with Crippen molar-refractivity contribution in [1.29, 1.82) is 0 Å². The molecule has 2 aromatic rings. The lowest BCUT2D eigenvalue weighted by Crippen LogP contribution is -2.44. The molecule has 0 aliphatic carbocycles. The van der Waals surface area contributed by atoms with E-state index in [-0.39, 0.29) is 20.6 Å². The van der Waals surface area contributed by atoms with Crippen LogP contribution in [0.3, 0.4) is 0 Å². The Morgan fingerprint density at radius 2 is 1.60 bits per heavy atom. The van der Waals surface area contributed by atoms with E-state index in [1.54, 1.807) is 6.92 Å². The molecule has 0 saturated heterocycles. The molecule has 1 atom stereocenters. The number of carbonyl (C=O) groups is 1. The van der Waals surface area contributed by atoms with E-state index in [0.29, 0.717) is 5.56 Å². The molecule has 0 amide bonds. The molecule has 8 heteroatoms. The summed E-state index contributed by atoms with van der Waals surface area (Å²) in [7, 11) is 0. The summed E-state index contributed by atoms with van der Waals surface area (Å²) >= 11 is 17.4. The first-order chi connectivity index (χ1) is 11.4. The van der Waals surface area contributed by atoms with Gasteiger partial charge in [0.15, 0.2) is 11.4 Å². The quantitative estimate of drug-likeness (QED) is 0.629. The van der Waals surface area contributed by atoms with Gasteiger partial charge >= 0.3 is 6.18 Å². The summed E-state index contributed by atoms with van der Waals surface area (Å²) in [5, 5.41) is 10.4. The standard InChI is InChI=1S/C17H12Cl3F3O2/c1-9-2-3-10(4-14(9)20)15(24)8-16(25,17(21,22)23)11-5-12(18)7-13(19)6-11/h2-7,25H,8H2,1H3. The third kappa shape index (κ3) is 4.29. The number of carbonyl (C=O) groups excluding carboxylic acids is 1. The monoisotopic (exact) mass is 410 g/mol. The van der Waals surface area contributed by atoms with Crippen molar-refractivity contribution < 1.29 is 23.1 Å². The summed E-state index contributed by atoms with van der Waals surface area (Å²) in [6, 6.07) is 7.21. The van der Waals surface area contributed by atoms with Crippen LogP contribution in [0, 0.1) is 6.92 Å². The van der Waals surface area contributed by atoms with Crippen molar-refractivity contribution in [3.8, 4) is 0 Å². The lowest BCUT2D eigenvalue weighted by Gasteiger charge is -2.30. The second kappa shape index (κ2) is 7.16. The first-order valence-corrected chi connectivity index (χ1v) is 8.12. The Balaban J connectivity index is 2.47. The number of ketones is 1. The molecule has 25 heavy (non-hydrogen) atoms. The molecule has 0 heterocycles. The second-order valence-electron chi connectivity index (χ2n) is 5.58. The van der Waals surface area contributed by atoms with Crippen molar-refractivity contribution in [3.05, 3.63) is 68.2 Å². The molecule has 2 aromatic carbocycles. The Hall–Kier alpha value is -1.27. The number of Topliss-reactive ketones (excluding diaryl/α,β-unsaturated/α-hetero) is 1. The van der Waals surface area contributed by atoms with Crippen molar-refractivity contribution in [3.63, 3.8) is 0 Å². The van der Waals surface area contributed by atoms with Crippen LogP contribution < -0.4 is 0 Å². The van der Waals surface area contributed by atoms with E-state index in [0.717, 1.165) is 12.1 Å². The minimum Gasteiger partial charge on any atom is -0.376 e. The van der Waals surface area contributed by atoms with Crippen molar-refractivity contribution in [2.75, 3.05) is 0 Å². The van der Waals surface area contributed by atoms with Crippen LogP contribution in [0.5, 0.6) is 0 Å². The van der Waals surface area contributed by atoms with Gasteiger partial charge in [-0.25, -0.2) is 0 Å². The molecule has 0 spiro atoms. The smallest absolute Gasteiger partial charge is 0.376 e. The predicted octanol–water partition coefficient (Wildman–Crippen LogP) is 5.98. The molecule has 0 aromatic heterocycles. The summed E-state index contributed by atoms with van der Waals surface area (Å²) in [6.45, 7) is 1.69. The highest BCUT2D eigenvalue weighted by molar-refractivity contribution is 6.34. The van der Waals surface area contributed by atoms with E-state index in [2.05, 4.69) is 0 Å². The number of halogens is 6. The van der Waals surface area contributed by atoms with Gasteiger partial charge in [0.2, 0.25) is 0 Å². The minimum absolute atomic E-state index is 0.0357. The number of hydrogen-bond donors (Lipinski definition) is 1. The fourth-order valence-corrected chi connectivity index (χ4v) is 2.97. The van der Waals surface area contributed by atoms with Crippen molar-refractivity contribution in [1.82, 2.24) is 0 Å². The van der Waals surface area contributed by atoms with E-state index < -0.39 is 29.5 Å². The largest absolute Gasteiger partial charge is 0.421 e. The van der Waals surface area contributed by atoms with E-state index in [1.165, 1.54) is 24.3 Å². The van der Waals surface area contributed by atoms with Gasteiger partial charge in [-0.2, -0.15) is 13.2 Å². The van der Waals surface area contributed by atoms with Crippen LogP contribution in [-0.4, -0.2) is 17.1 Å². The zero-order valence-electron chi connectivity index (χ0n) is 12.8.